The Hall–Kier alpha value is -3.39. The van der Waals surface area contributed by atoms with Gasteiger partial charge in [-0.25, -0.2) is 9.50 Å². The maximum Gasteiger partial charge on any atom is 0.231 e. The summed E-state index contributed by atoms with van der Waals surface area (Å²) in [5.41, 5.74) is 2.26. The molecule has 8 nitrogen and oxygen atoms in total. The zero-order valence-electron chi connectivity index (χ0n) is 16.4. The number of imidazole rings is 1. The SMILES string of the molecule is O=C(NCCOc1ccc2ncc(-c3cc4ccccc4o3)n2n1)C1CCOCC1. The lowest BCUT2D eigenvalue weighted by molar-refractivity contribution is -0.127. The summed E-state index contributed by atoms with van der Waals surface area (Å²) in [6.45, 7) is 2.06. The summed E-state index contributed by atoms with van der Waals surface area (Å²) in [4.78, 5) is 16.6. The summed E-state index contributed by atoms with van der Waals surface area (Å²) in [5, 5.41) is 8.48. The number of furan rings is 1. The van der Waals surface area contributed by atoms with Crippen molar-refractivity contribution < 1.29 is 18.7 Å². The van der Waals surface area contributed by atoms with Gasteiger partial charge in [0.25, 0.3) is 0 Å². The van der Waals surface area contributed by atoms with E-state index in [-0.39, 0.29) is 11.8 Å². The molecule has 1 aliphatic rings. The van der Waals surface area contributed by atoms with E-state index in [9.17, 15) is 4.79 Å². The van der Waals surface area contributed by atoms with Crippen molar-refractivity contribution in [3.8, 4) is 17.3 Å². The number of carbonyl (C=O) groups is 1. The molecule has 3 aromatic heterocycles. The number of carbonyl (C=O) groups excluding carboxylic acids is 1. The van der Waals surface area contributed by atoms with Crippen LogP contribution in [0.3, 0.4) is 0 Å². The summed E-state index contributed by atoms with van der Waals surface area (Å²) in [7, 11) is 0. The van der Waals surface area contributed by atoms with Gasteiger partial charge in [0.2, 0.25) is 11.8 Å². The standard InChI is InChI=1S/C22H22N4O4/c27-22(15-7-10-28-11-8-15)23-9-12-29-21-6-5-20-24-14-17(26(20)25-21)19-13-16-3-1-2-4-18(16)30-19/h1-6,13-15H,7-12H2,(H,23,27). The number of fused-ring (bicyclic) bond motifs is 2. The van der Waals surface area contributed by atoms with Gasteiger partial charge in [-0.2, -0.15) is 0 Å². The highest BCUT2D eigenvalue weighted by molar-refractivity contribution is 5.82. The topological polar surface area (TPSA) is 90.9 Å². The Labute approximate surface area is 172 Å². The molecule has 1 aromatic carbocycles. The van der Waals surface area contributed by atoms with E-state index >= 15 is 0 Å². The first-order valence-electron chi connectivity index (χ1n) is 10.1. The van der Waals surface area contributed by atoms with Crippen LogP contribution in [0.2, 0.25) is 0 Å². The van der Waals surface area contributed by atoms with Crippen molar-refractivity contribution in [3.05, 3.63) is 48.7 Å². The molecule has 0 aliphatic carbocycles. The second-order valence-electron chi connectivity index (χ2n) is 7.26. The van der Waals surface area contributed by atoms with E-state index in [2.05, 4.69) is 15.4 Å². The zero-order chi connectivity index (χ0) is 20.3. The minimum absolute atomic E-state index is 0.0329. The molecule has 0 radical (unpaired) electrons. The molecule has 0 bridgehead atoms. The molecule has 154 valence electrons. The molecule has 1 saturated heterocycles. The van der Waals surface area contributed by atoms with Gasteiger partial charge in [-0.1, -0.05) is 18.2 Å². The van der Waals surface area contributed by atoms with Crippen LogP contribution in [-0.2, 0) is 9.53 Å². The molecule has 5 rings (SSSR count). The van der Waals surface area contributed by atoms with Crippen LogP contribution in [0, 0.1) is 5.92 Å². The van der Waals surface area contributed by atoms with Crippen LogP contribution in [0.15, 0.2) is 53.1 Å². The van der Waals surface area contributed by atoms with Gasteiger partial charge in [0.1, 0.15) is 17.9 Å². The highest BCUT2D eigenvalue weighted by Crippen LogP contribution is 2.28. The second-order valence-corrected chi connectivity index (χ2v) is 7.26. The molecule has 4 aromatic rings. The number of rotatable bonds is 6. The number of aromatic nitrogens is 3. The van der Waals surface area contributed by atoms with Crippen LogP contribution in [0.5, 0.6) is 5.88 Å². The van der Waals surface area contributed by atoms with Gasteiger partial charge in [0.15, 0.2) is 11.4 Å². The number of amides is 1. The van der Waals surface area contributed by atoms with Crippen LogP contribution in [0.1, 0.15) is 12.8 Å². The summed E-state index contributed by atoms with van der Waals surface area (Å²) >= 11 is 0. The number of hydrogen-bond acceptors (Lipinski definition) is 6. The van der Waals surface area contributed by atoms with Gasteiger partial charge < -0.3 is 19.2 Å². The van der Waals surface area contributed by atoms with Crippen LogP contribution in [0.25, 0.3) is 28.1 Å². The lowest BCUT2D eigenvalue weighted by Gasteiger charge is -2.21. The van der Waals surface area contributed by atoms with Gasteiger partial charge >= 0.3 is 0 Å². The van der Waals surface area contributed by atoms with Crippen molar-refractivity contribution in [2.45, 2.75) is 12.8 Å². The molecule has 0 atom stereocenters. The summed E-state index contributed by atoms with van der Waals surface area (Å²) in [6.07, 6.45) is 3.28. The number of nitrogens with one attached hydrogen (secondary N) is 1. The van der Waals surface area contributed by atoms with Gasteiger partial charge in [0.05, 0.1) is 12.7 Å². The highest BCUT2D eigenvalue weighted by atomic mass is 16.5. The number of para-hydroxylation sites is 1. The molecule has 30 heavy (non-hydrogen) atoms. The van der Waals surface area contributed by atoms with Crippen molar-refractivity contribution in [2.75, 3.05) is 26.4 Å². The van der Waals surface area contributed by atoms with Crippen LogP contribution >= 0.6 is 0 Å². The van der Waals surface area contributed by atoms with Gasteiger partial charge in [-0.15, -0.1) is 5.10 Å². The van der Waals surface area contributed by atoms with Crippen molar-refractivity contribution in [3.63, 3.8) is 0 Å². The fourth-order valence-electron chi connectivity index (χ4n) is 3.64. The lowest BCUT2D eigenvalue weighted by atomic mass is 9.99. The number of benzene rings is 1. The van der Waals surface area contributed by atoms with E-state index in [0.29, 0.717) is 43.7 Å². The van der Waals surface area contributed by atoms with E-state index < -0.39 is 0 Å². The zero-order valence-corrected chi connectivity index (χ0v) is 16.4. The monoisotopic (exact) mass is 406 g/mol. The van der Waals surface area contributed by atoms with Crippen molar-refractivity contribution in [1.82, 2.24) is 19.9 Å². The first kappa shape index (κ1) is 18.6. The first-order valence-corrected chi connectivity index (χ1v) is 10.1. The molecule has 1 amide bonds. The molecule has 4 heterocycles. The lowest BCUT2D eigenvalue weighted by Crippen LogP contribution is -2.36. The Balaban J connectivity index is 1.25. The molecule has 8 heteroatoms. The third kappa shape index (κ3) is 3.73. The highest BCUT2D eigenvalue weighted by Gasteiger charge is 2.21. The molecule has 0 unspecified atom stereocenters. The number of ether oxygens (including phenoxy) is 2. The molecule has 0 spiro atoms. The minimum atomic E-state index is 0.0329. The minimum Gasteiger partial charge on any atom is -0.475 e. The smallest absolute Gasteiger partial charge is 0.231 e. The fraction of sp³-hybridized carbons (Fsp3) is 0.318. The molecule has 1 aliphatic heterocycles. The summed E-state index contributed by atoms with van der Waals surface area (Å²) in [6, 6.07) is 13.4. The Morgan fingerprint density at radius 1 is 1.20 bits per heavy atom. The Morgan fingerprint density at radius 2 is 2.07 bits per heavy atom. The Kier molecular flexibility index (Phi) is 5.06. The molecular weight excluding hydrogens is 384 g/mol. The van der Waals surface area contributed by atoms with E-state index in [0.717, 1.165) is 29.5 Å². The average molecular weight is 406 g/mol. The van der Waals surface area contributed by atoms with Crippen molar-refractivity contribution >= 4 is 22.5 Å². The summed E-state index contributed by atoms with van der Waals surface area (Å²) in [5.74, 6) is 1.24. The number of hydrogen-bond donors (Lipinski definition) is 1. The second kappa shape index (κ2) is 8.16. The van der Waals surface area contributed by atoms with Crippen molar-refractivity contribution in [2.24, 2.45) is 5.92 Å². The van der Waals surface area contributed by atoms with Crippen LogP contribution in [0.4, 0.5) is 0 Å². The summed E-state index contributed by atoms with van der Waals surface area (Å²) < 4.78 is 18.7. The Morgan fingerprint density at radius 3 is 2.93 bits per heavy atom. The fourth-order valence-corrected chi connectivity index (χ4v) is 3.64. The quantitative estimate of drug-likeness (QED) is 0.495. The van der Waals surface area contributed by atoms with Gasteiger partial charge in [-0.3, -0.25) is 4.79 Å². The van der Waals surface area contributed by atoms with Crippen LogP contribution in [-0.4, -0.2) is 46.9 Å². The largest absolute Gasteiger partial charge is 0.475 e. The number of nitrogens with zero attached hydrogens (tertiary/aromatic N) is 3. The third-order valence-electron chi connectivity index (χ3n) is 5.26. The third-order valence-corrected chi connectivity index (χ3v) is 5.26. The van der Waals surface area contributed by atoms with E-state index in [1.165, 1.54) is 0 Å². The maximum atomic E-state index is 12.2. The maximum absolute atomic E-state index is 12.2. The van der Waals surface area contributed by atoms with Crippen molar-refractivity contribution in [1.29, 1.82) is 0 Å². The van der Waals surface area contributed by atoms with Crippen LogP contribution < -0.4 is 10.1 Å². The normalized spacial score (nSPS) is 14.9. The predicted octanol–water partition coefficient (Wildman–Crippen LogP) is 3.06. The molecule has 1 fully saturated rings. The predicted molar refractivity (Wildman–Crippen MR) is 110 cm³/mol. The van der Waals surface area contributed by atoms with Gasteiger partial charge in [-0.05, 0) is 31.0 Å². The van der Waals surface area contributed by atoms with E-state index in [1.807, 2.05) is 36.4 Å². The molecular formula is C22H22N4O4. The van der Waals surface area contributed by atoms with E-state index in [4.69, 9.17) is 13.9 Å². The molecule has 0 saturated carbocycles. The molecule has 1 N–H and O–H groups in total. The van der Waals surface area contributed by atoms with E-state index in [1.54, 1.807) is 16.8 Å². The first-order chi connectivity index (χ1) is 14.8. The Bertz CT molecular complexity index is 1140. The van der Waals surface area contributed by atoms with Gasteiger partial charge in [0, 0.05) is 30.6 Å². The average Bonchev–Trinajstić information content (AvgIpc) is 3.40.